The van der Waals surface area contributed by atoms with E-state index in [2.05, 4.69) is 40.5 Å². The maximum atomic E-state index is 4.33. The van der Waals surface area contributed by atoms with E-state index in [4.69, 9.17) is 0 Å². The van der Waals surface area contributed by atoms with Gasteiger partial charge in [0, 0.05) is 0 Å². The topological polar surface area (TPSA) is 0 Å². The summed E-state index contributed by atoms with van der Waals surface area (Å²) in [5.74, 6) is 2.64. The second-order valence-corrected chi connectivity index (χ2v) is 9.69. The van der Waals surface area contributed by atoms with E-state index >= 15 is 0 Å². The zero-order chi connectivity index (χ0) is 20.1. The molecule has 1 saturated carbocycles. The summed E-state index contributed by atoms with van der Waals surface area (Å²) in [6.45, 7) is 19.9. The fourth-order valence-electron chi connectivity index (χ4n) is 4.24. The highest BCUT2D eigenvalue weighted by Gasteiger charge is 2.17. The molecule has 0 amide bonds. The van der Waals surface area contributed by atoms with Crippen molar-refractivity contribution in [1.82, 2.24) is 0 Å². The van der Waals surface area contributed by atoms with Crippen molar-refractivity contribution >= 4 is 7.28 Å². The van der Waals surface area contributed by atoms with Crippen molar-refractivity contribution in [3.05, 3.63) is 36.5 Å². The molecule has 0 spiro atoms. The van der Waals surface area contributed by atoms with Gasteiger partial charge in [-0.05, 0) is 75.5 Å². The van der Waals surface area contributed by atoms with Crippen LogP contribution < -0.4 is 0 Å². The Labute approximate surface area is 172 Å². The summed E-state index contributed by atoms with van der Waals surface area (Å²) in [5.41, 5.74) is 4.33. The lowest BCUT2D eigenvalue weighted by Crippen LogP contribution is -2.01. The summed E-state index contributed by atoms with van der Waals surface area (Å²) in [5, 5.41) is 0. The van der Waals surface area contributed by atoms with Crippen molar-refractivity contribution in [2.45, 2.75) is 110 Å². The molecule has 154 valence electrons. The van der Waals surface area contributed by atoms with E-state index in [0.717, 1.165) is 30.6 Å². The predicted octanol–water partition coefficient (Wildman–Crippen LogP) is 8.53. The molecule has 1 fully saturated rings. The normalized spacial score (nSPS) is 19.1. The largest absolute Gasteiger partial charge is 0.120 e. The molecular formula is C26H47B. The van der Waals surface area contributed by atoms with Crippen LogP contribution in [0.3, 0.4) is 0 Å². The standard InChI is InChI=1S/C26H47B/c1-7-21(2)16-18-27-19-17-24(5)11-10-22(3)8-9-23(4)12-14-26-15-13-25(6)20-26/h21,24,26-27H,3-4,6-20H2,1-2,5H3. The van der Waals surface area contributed by atoms with E-state index < -0.39 is 0 Å². The number of hydrogen-bond acceptors (Lipinski definition) is 0. The molecule has 0 aliphatic heterocycles. The molecule has 0 radical (unpaired) electrons. The van der Waals surface area contributed by atoms with Gasteiger partial charge in [0.05, 0.1) is 0 Å². The van der Waals surface area contributed by atoms with Crippen molar-refractivity contribution in [3.8, 4) is 0 Å². The Kier molecular flexibility index (Phi) is 12.9. The van der Waals surface area contributed by atoms with Crippen LogP contribution in [0, 0.1) is 17.8 Å². The van der Waals surface area contributed by atoms with Crippen LogP contribution in [-0.2, 0) is 0 Å². The fraction of sp³-hybridized carbons (Fsp3) is 0.769. The summed E-state index contributed by atoms with van der Waals surface area (Å²) >= 11 is 0. The summed E-state index contributed by atoms with van der Waals surface area (Å²) in [4.78, 5) is 0. The molecule has 1 aliphatic carbocycles. The summed E-state index contributed by atoms with van der Waals surface area (Å²) in [6, 6.07) is 0. The molecule has 1 rings (SSSR count). The average Bonchev–Trinajstić information content (AvgIpc) is 3.07. The van der Waals surface area contributed by atoms with Gasteiger partial charge in [-0.25, -0.2) is 0 Å². The van der Waals surface area contributed by atoms with E-state index in [0.29, 0.717) is 0 Å². The van der Waals surface area contributed by atoms with Gasteiger partial charge in [-0.1, -0.05) is 89.1 Å². The molecule has 0 aromatic rings. The molecule has 0 aromatic heterocycles. The van der Waals surface area contributed by atoms with E-state index in [1.54, 1.807) is 0 Å². The molecule has 0 nitrogen and oxygen atoms in total. The third-order valence-corrected chi connectivity index (χ3v) is 6.80. The van der Waals surface area contributed by atoms with Crippen molar-refractivity contribution in [2.75, 3.05) is 0 Å². The monoisotopic (exact) mass is 370 g/mol. The summed E-state index contributed by atoms with van der Waals surface area (Å²) in [7, 11) is 1.42. The molecule has 0 aromatic carbocycles. The highest BCUT2D eigenvalue weighted by molar-refractivity contribution is 6.35. The van der Waals surface area contributed by atoms with Crippen molar-refractivity contribution in [1.29, 1.82) is 0 Å². The Morgan fingerprint density at radius 3 is 2.19 bits per heavy atom. The van der Waals surface area contributed by atoms with Crippen LogP contribution in [0.2, 0.25) is 12.6 Å². The van der Waals surface area contributed by atoms with Crippen LogP contribution in [0.4, 0.5) is 0 Å². The maximum absolute atomic E-state index is 4.33. The minimum atomic E-state index is 0.851. The summed E-state index contributed by atoms with van der Waals surface area (Å²) in [6.07, 6.45) is 18.2. The van der Waals surface area contributed by atoms with Crippen LogP contribution in [-0.4, -0.2) is 7.28 Å². The van der Waals surface area contributed by atoms with Gasteiger partial charge in [0.25, 0.3) is 0 Å². The van der Waals surface area contributed by atoms with Crippen LogP contribution in [0.1, 0.15) is 97.8 Å². The average molecular weight is 370 g/mol. The smallest absolute Gasteiger partial charge is 0.0999 e. The van der Waals surface area contributed by atoms with Crippen LogP contribution in [0.5, 0.6) is 0 Å². The van der Waals surface area contributed by atoms with Gasteiger partial charge in [-0.2, -0.15) is 0 Å². The third-order valence-electron chi connectivity index (χ3n) is 6.80. The fourth-order valence-corrected chi connectivity index (χ4v) is 4.24. The molecule has 3 atom stereocenters. The quantitative estimate of drug-likeness (QED) is 0.145. The van der Waals surface area contributed by atoms with Gasteiger partial charge in [-0.15, -0.1) is 0 Å². The zero-order valence-electron chi connectivity index (χ0n) is 19.0. The summed E-state index contributed by atoms with van der Waals surface area (Å²) < 4.78 is 0. The Morgan fingerprint density at radius 1 is 0.963 bits per heavy atom. The Bertz CT molecular complexity index is 447. The SMILES string of the molecule is C=C(CCC(=C)CCC1CCC(=C)C1)CCC(C)CCBCCC(C)CC. The predicted molar refractivity (Wildman–Crippen MR) is 127 cm³/mol. The van der Waals surface area contributed by atoms with E-state index in [1.165, 1.54) is 101 Å². The molecule has 1 heteroatoms. The first kappa shape index (κ1) is 24.3. The molecule has 27 heavy (non-hydrogen) atoms. The third kappa shape index (κ3) is 12.4. The minimum absolute atomic E-state index is 0.851. The van der Waals surface area contributed by atoms with Crippen molar-refractivity contribution in [3.63, 3.8) is 0 Å². The second-order valence-electron chi connectivity index (χ2n) is 9.69. The van der Waals surface area contributed by atoms with Crippen LogP contribution >= 0.6 is 0 Å². The lowest BCUT2D eigenvalue weighted by molar-refractivity contribution is 0.500. The Hall–Kier alpha value is -0.715. The minimum Gasteiger partial charge on any atom is -0.0999 e. The number of allylic oxidation sites excluding steroid dienone is 3. The first-order valence-electron chi connectivity index (χ1n) is 11.9. The van der Waals surface area contributed by atoms with Crippen molar-refractivity contribution < 1.29 is 0 Å². The molecule has 0 N–H and O–H groups in total. The van der Waals surface area contributed by atoms with E-state index in [1.807, 2.05) is 0 Å². The zero-order valence-corrected chi connectivity index (χ0v) is 19.0. The second kappa shape index (κ2) is 14.3. The molecule has 0 saturated heterocycles. The highest BCUT2D eigenvalue weighted by atomic mass is 14.2. The molecule has 1 aliphatic rings. The lowest BCUT2D eigenvalue weighted by atomic mass is 9.66. The molecular weight excluding hydrogens is 323 g/mol. The van der Waals surface area contributed by atoms with Gasteiger partial charge in [0.1, 0.15) is 7.28 Å². The van der Waals surface area contributed by atoms with Crippen LogP contribution in [0.15, 0.2) is 36.5 Å². The van der Waals surface area contributed by atoms with E-state index in [-0.39, 0.29) is 0 Å². The van der Waals surface area contributed by atoms with Crippen molar-refractivity contribution in [2.24, 2.45) is 17.8 Å². The number of hydrogen-bond donors (Lipinski definition) is 0. The Morgan fingerprint density at radius 2 is 1.59 bits per heavy atom. The van der Waals surface area contributed by atoms with Gasteiger partial charge >= 0.3 is 0 Å². The molecule has 0 bridgehead atoms. The van der Waals surface area contributed by atoms with Gasteiger partial charge in [-0.3, -0.25) is 0 Å². The van der Waals surface area contributed by atoms with Gasteiger partial charge in [0.15, 0.2) is 0 Å². The van der Waals surface area contributed by atoms with E-state index in [9.17, 15) is 0 Å². The first-order chi connectivity index (χ1) is 12.9. The lowest BCUT2D eigenvalue weighted by Gasteiger charge is -2.14. The highest BCUT2D eigenvalue weighted by Crippen LogP contribution is 2.33. The number of rotatable bonds is 16. The van der Waals surface area contributed by atoms with Crippen LogP contribution in [0.25, 0.3) is 0 Å². The molecule has 0 heterocycles. The van der Waals surface area contributed by atoms with Gasteiger partial charge < -0.3 is 0 Å². The first-order valence-corrected chi connectivity index (χ1v) is 11.9. The Balaban J connectivity index is 1.99. The maximum Gasteiger partial charge on any atom is 0.120 e. The van der Waals surface area contributed by atoms with Gasteiger partial charge in [0.2, 0.25) is 0 Å². The molecule has 3 unspecified atom stereocenters.